The minimum absolute atomic E-state index is 0.00208. The first kappa shape index (κ1) is 16.8. The largest absolute Gasteiger partial charge is 0.493 e. The number of benzene rings is 1. The van der Waals surface area contributed by atoms with Crippen LogP contribution in [0.25, 0.3) is 0 Å². The van der Waals surface area contributed by atoms with Crippen LogP contribution in [0.3, 0.4) is 0 Å². The van der Waals surface area contributed by atoms with Crippen molar-refractivity contribution in [2.75, 3.05) is 12.4 Å². The molecule has 23 heavy (non-hydrogen) atoms. The Hall–Kier alpha value is -2.56. The Morgan fingerprint density at radius 1 is 1.22 bits per heavy atom. The molecular formula is C18H22N2O3. The lowest BCUT2D eigenvalue weighted by Gasteiger charge is -2.14. The highest BCUT2D eigenvalue weighted by molar-refractivity contribution is 5.92. The lowest BCUT2D eigenvalue weighted by Crippen LogP contribution is -2.19. The molecule has 0 saturated heterocycles. The molecule has 1 amide bonds. The van der Waals surface area contributed by atoms with Crippen molar-refractivity contribution in [2.45, 2.75) is 26.9 Å². The van der Waals surface area contributed by atoms with Gasteiger partial charge >= 0.3 is 0 Å². The van der Waals surface area contributed by atoms with E-state index >= 15 is 0 Å². The van der Waals surface area contributed by atoms with Crippen molar-refractivity contribution in [1.82, 2.24) is 4.98 Å². The zero-order valence-electron chi connectivity index (χ0n) is 13.7. The first-order chi connectivity index (χ1) is 11.1. The second-order valence-corrected chi connectivity index (χ2v) is 5.31. The minimum Gasteiger partial charge on any atom is -0.493 e. The molecule has 0 radical (unpaired) electrons. The smallest absolute Gasteiger partial charge is 0.227 e. The molecule has 0 bridgehead atoms. The molecule has 0 aliphatic heterocycles. The molecule has 0 aliphatic rings. The molecule has 2 aromatic rings. The van der Waals surface area contributed by atoms with Crippen molar-refractivity contribution in [3.63, 3.8) is 0 Å². The highest BCUT2D eigenvalue weighted by Crippen LogP contribution is 2.31. The molecule has 122 valence electrons. The summed E-state index contributed by atoms with van der Waals surface area (Å²) < 4.78 is 11.1. The van der Waals surface area contributed by atoms with Gasteiger partial charge in [0.2, 0.25) is 5.91 Å². The molecule has 1 heterocycles. The molecule has 0 unspecified atom stereocenters. The van der Waals surface area contributed by atoms with E-state index in [0.717, 1.165) is 12.0 Å². The van der Waals surface area contributed by atoms with Crippen molar-refractivity contribution in [3.8, 4) is 11.5 Å². The third kappa shape index (κ3) is 4.71. The van der Waals surface area contributed by atoms with Crippen LogP contribution in [0.15, 0.2) is 42.7 Å². The number of nitrogens with one attached hydrogen (secondary N) is 1. The number of amides is 1. The quantitative estimate of drug-likeness (QED) is 0.847. The van der Waals surface area contributed by atoms with Gasteiger partial charge in [0.1, 0.15) is 6.61 Å². The van der Waals surface area contributed by atoms with E-state index in [1.54, 1.807) is 37.7 Å². The third-order valence-electron chi connectivity index (χ3n) is 3.63. The Balaban J connectivity index is 2.10. The van der Waals surface area contributed by atoms with Gasteiger partial charge in [-0.15, -0.1) is 0 Å². The van der Waals surface area contributed by atoms with E-state index in [4.69, 9.17) is 9.47 Å². The van der Waals surface area contributed by atoms with E-state index in [1.807, 2.05) is 26.0 Å². The molecule has 0 fully saturated rings. The van der Waals surface area contributed by atoms with Crippen LogP contribution in [0.1, 0.15) is 25.8 Å². The van der Waals surface area contributed by atoms with Crippen molar-refractivity contribution < 1.29 is 14.3 Å². The van der Waals surface area contributed by atoms with Crippen LogP contribution in [0.4, 0.5) is 5.69 Å². The minimum atomic E-state index is -0.0294. The first-order valence-electron chi connectivity index (χ1n) is 7.64. The maximum atomic E-state index is 12.0. The lowest BCUT2D eigenvalue weighted by atomic mass is 10.1. The number of rotatable bonds is 7. The van der Waals surface area contributed by atoms with Crippen molar-refractivity contribution in [1.29, 1.82) is 0 Å². The number of carbonyl (C=O) groups excluding carboxylic acids is 1. The number of hydrogen-bond donors (Lipinski definition) is 1. The Labute approximate surface area is 136 Å². The summed E-state index contributed by atoms with van der Waals surface area (Å²) in [6.07, 6.45) is 4.24. The second-order valence-electron chi connectivity index (χ2n) is 5.31. The first-order valence-corrected chi connectivity index (χ1v) is 7.64. The van der Waals surface area contributed by atoms with E-state index in [-0.39, 0.29) is 11.8 Å². The molecule has 0 aliphatic carbocycles. The van der Waals surface area contributed by atoms with Crippen LogP contribution in [0.2, 0.25) is 0 Å². The van der Waals surface area contributed by atoms with Crippen LogP contribution in [0.5, 0.6) is 11.5 Å². The van der Waals surface area contributed by atoms with Gasteiger partial charge in [0.15, 0.2) is 11.5 Å². The van der Waals surface area contributed by atoms with Gasteiger partial charge in [-0.05, 0) is 36.2 Å². The SMILES string of the molecule is CC[C@@H](C)C(=O)Nc1ccc(OC)c(OCc2ccncc2)c1. The molecule has 0 spiro atoms. The number of ether oxygens (including phenoxy) is 2. The number of carbonyl (C=O) groups is 1. The number of anilines is 1. The summed E-state index contributed by atoms with van der Waals surface area (Å²) in [5, 5.41) is 2.90. The Bertz CT molecular complexity index is 644. The van der Waals surface area contributed by atoms with Crippen LogP contribution >= 0.6 is 0 Å². The summed E-state index contributed by atoms with van der Waals surface area (Å²) >= 11 is 0. The zero-order chi connectivity index (χ0) is 16.7. The Kier molecular flexibility index (Phi) is 5.97. The van der Waals surface area contributed by atoms with Crippen LogP contribution in [-0.2, 0) is 11.4 Å². The highest BCUT2D eigenvalue weighted by atomic mass is 16.5. The highest BCUT2D eigenvalue weighted by Gasteiger charge is 2.12. The van der Waals surface area contributed by atoms with Crippen LogP contribution < -0.4 is 14.8 Å². The van der Waals surface area contributed by atoms with Crippen LogP contribution in [-0.4, -0.2) is 18.0 Å². The zero-order valence-corrected chi connectivity index (χ0v) is 13.7. The van der Waals surface area contributed by atoms with Gasteiger partial charge in [0, 0.05) is 30.1 Å². The number of nitrogens with zero attached hydrogens (tertiary/aromatic N) is 1. The maximum Gasteiger partial charge on any atom is 0.227 e. The van der Waals surface area contributed by atoms with Crippen LogP contribution in [0, 0.1) is 5.92 Å². The normalized spacial score (nSPS) is 11.6. The van der Waals surface area contributed by atoms with Crippen molar-refractivity contribution in [3.05, 3.63) is 48.3 Å². The molecule has 1 atom stereocenters. The molecule has 2 rings (SSSR count). The molecule has 1 aromatic heterocycles. The summed E-state index contributed by atoms with van der Waals surface area (Å²) in [6.45, 7) is 4.29. The topological polar surface area (TPSA) is 60.5 Å². The maximum absolute atomic E-state index is 12.0. The van der Waals surface area contributed by atoms with Gasteiger partial charge in [0.25, 0.3) is 0 Å². The fourth-order valence-electron chi connectivity index (χ4n) is 1.96. The Morgan fingerprint density at radius 3 is 2.61 bits per heavy atom. The second kappa shape index (κ2) is 8.17. The average molecular weight is 314 g/mol. The van der Waals surface area contributed by atoms with Gasteiger partial charge in [-0.3, -0.25) is 9.78 Å². The summed E-state index contributed by atoms with van der Waals surface area (Å²) in [5.41, 5.74) is 1.71. The lowest BCUT2D eigenvalue weighted by molar-refractivity contribution is -0.119. The fourth-order valence-corrected chi connectivity index (χ4v) is 1.96. The van der Waals surface area contributed by atoms with Crippen molar-refractivity contribution in [2.24, 2.45) is 5.92 Å². The fraction of sp³-hybridized carbons (Fsp3) is 0.333. The monoisotopic (exact) mass is 314 g/mol. The van der Waals surface area contributed by atoms with E-state index < -0.39 is 0 Å². The standard InChI is InChI=1S/C18H22N2O3/c1-4-13(2)18(21)20-15-5-6-16(22-3)17(11-15)23-12-14-7-9-19-10-8-14/h5-11,13H,4,12H2,1-3H3,(H,20,21)/t13-/m1/s1. The summed E-state index contributed by atoms with van der Waals surface area (Å²) in [6, 6.07) is 9.15. The third-order valence-corrected chi connectivity index (χ3v) is 3.63. The number of pyridine rings is 1. The summed E-state index contributed by atoms with van der Waals surface area (Å²) in [5.74, 6) is 1.18. The predicted molar refractivity (Wildman–Crippen MR) is 89.6 cm³/mol. The summed E-state index contributed by atoms with van der Waals surface area (Å²) in [7, 11) is 1.59. The number of aromatic nitrogens is 1. The van der Waals surface area contributed by atoms with Gasteiger partial charge in [-0.1, -0.05) is 13.8 Å². The van der Waals surface area contributed by atoms with E-state index in [1.165, 1.54) is 0 Å². The van der Waals surface area contributed by atoms with E-state index in [9.17, 15) is 4.79 Å². The molecular weight excluding hydrogens is 292 g/mol. The number of methoxy groups -OCH3 is 1. The molecule has 1 aromatic carbocycles. The van der Waals surface area contributed by atoms with Gasteiger partial charge in [-0.25, -0.2) is 0 Å². The van der Waals surface area contributed by atoms with Gasteiger partial charge < -0.3 is 14.8 Å². The predicted octanol–water partition coefficient (Wildman–Crippen LogP) is 3.65. The molecule has 0 saturated carbocycles. The van der Waals surface area contributed by atoms with Gasteiger partial charge in [0.05, 0.1) is 7.11 Å². The van der Waals surface area contributed by atoms with Crippen molar-refractivity contribution >= 4 is 11.6 Å². The van der Waals surface area contributed by atoms with Gasteiger partial charge in [-0.2, -0.15) is 0 Å². The molecule has 5 nitrogen and oxygen atoms in total. The molecule has 1 N–H and O–H groups in total. The van der Waals surface area contributed by atoms with E-state index in [0.29, 0.717) is 23.8 Å². The average Bonchev–Trinajstić information content (AvgIpc) is 2.60. The Morgan fingerprint density at radius 2 is 1.96 bits per heavy atom. The molecule has 5 heteroatoms. The summed E-state index contributed by atoms with van der Waals surface area (Å²) in [4.78, 5) is 16.0. The van der Waals surface area contributed by atoms with E-state index in [2.05, 4.69) is 10.3 Å². The number of hydrogen-bond acceptors (Lipinski definition) is 4.